The summed E-state index contributed by atoms with van der Waals surface area (Å²) in [5.41, 5.74) is 0.0368. The van der Waals surface area contributed by atoms with E-state index in [1.807, 2.05) is 0 Å². The Kier molecular flexibility index (Phi) is 5.55. The van der Waals surface area contributed by atoms with Crippen molar-refractivity contribution in [2.24, 2.45) is 5.92 Å². The number of aromatic nitrogens is 1. The maximum atomic E-state index is 13.3. The standard InChI is InChI=1S/C12H16BrFN2O/c1-8(2)5-9(6-13)16-12(17)10-3-4-15-7-11(10)14/h3-4,7-9H,5-6H2,1-2H3,(H,16,17). The lowest BCUT2D eigenvalue weighted by Gasteiger charge is -2.18. The molecule has 0 saturated carbocycles. The number of nitrogens with one attached hydrogen (secondary N) is 1. The monoisotopic (exact) mass is 302 g/mol. The number of alkyl halides is 1. The van der Waals surface area contributed by atoms with E-state index in [-0.39, 0.29) is 11.6 Å². The summed E-state index contributed by atoms with van der Waals surface area (Å²) >= 11 is 3.34. The Bertz CT molecular complexity index is 385. The number of rotatable bonds is 5. The van der Waals surface area contributed by atoms with Crippen molar-refractivity contribution in [3.05, 3.63) is 29.8 Å². The van der Waals surface area contributed by atoms with Gasteiger partial charge in [0, 0.05) is 17.6 Å². The number of carbonyl (C=O) groups is 1. The smallest absolute Gasteiger partial charge is 0.254 e. The highest BCUT2D eigenvalue weighted by molar-refractivity contribution is 9.09. The average molecular weight is 303 g/mol. The van der Waals surface area contributed by atoms with Crippen molar-refractivity contribution in [2.75, 3.05) is 5.33 Å². The molecule has 1 aromatic rings. The van der Waals surface area contributed by atoms with E-state index in [4.69, 9.17) is 0 Å². The molecule has 1 atom stereocenters. The van der Waals surface area contributed by atoms with Crippen molar-refractivity contribution in [1.82, 2.24) is 10.3 Å². The average Bonchev–Trinajstić information content (AvgIpc) is 2.27. The number of halogens is 2. The van der Waals surface area contributed by atoms with E-state index < -0.39 is 11.7 Å². The molecule has 1 heterocycles. The van der Waals surface area contributed by atoms with Gasteiger partial charge in [0.25, 0.3) is 5.91 Å². The Balaban J connectivity index is 2.68. The second-order valence-corrected chi connectivity index (χ2v) is 4.96. The second-order valence-electron chi connectivity index (χ2n) is 4.31. The molecule has 94 valence electrons. The van der Waals surface area contributed by atoms with Gasteiger partial charge in [0.1, 0.15) is 0 Å². The zero-order valence-corrected chi connectivity index (χ0v) is 11.5. The van der Waals surface area contributed by atoms with E-state index in [0.717, 1.165) is 12.6 Å². The minimum absolute atomic E-state index is 0.00932. The summed E-state index contributed by atoms with van der Waals surface area (Å²) < 4.78 is 13.3. The van der Waals surface area contributed by atoms with Crippen LogP contribution in [-0.4, -0.2) is 22.3 Å². The number of nitrogens with zero attached hydrogens (tertiary/aromatic N) is 1. The summed E-state index contributed by atoms with van der Waals surface area (Å²) in [6, 6.07) is 1.39. The molecule has 1 rings (SSSR count). The minimum Gasteiger partial charge on any atom is -0.348 e. The van der Waals surface area contributed by atoms with Gasteiger partial charge in [-0.2, -0.15) is 0 Å². The lowest BCUT2D eigenvalue weighted by molar-refractivity contribution is 0.0933. The van der Waals surface area contributed by atoms with Crippen LogP contribution in [0.4, 0.5) is 4.39 Å². The van der Waals surface area contributed by atoms with Crippen LogP contribution in [0.5, 0.6) is 0 Å². The van der Waals surface area contributed by atoms with Gasteiger partial charge in [-0.1, -0.05) is 29.8 Å². The first-order valence-electron chi connectivity index (χ1n) is 5.51. The summed E-state index contributed by atoms with van der Waals surface area (Å²) in [7, 11) is 0. The van der Waals surface area contributed by atoms with Crippen molar-refractivity contribution >= 4 is 21.8 Å². The van der Waals surface area contributed by atoms with Crippen LogP contribution in [0, 0.1) is 11.7 Å². The van der Waals surface area contributed by atoms with Crippen LogP contribution >= 0.6 is 15.9 Å². The van der Waals surface area contributed by atoms with Crippen LogP contribution in [-0.2, 0) is 0 Å². The Morgan fingerprint density at radius 3 is 2.82 bits per heavy atom. The van der Waals surface area contributed by atoms with E-state index in [0.29, 0.717) is 11.2 Å². The third kappa shape index (κ3) is 4.42. The van der Waals surface area contributed by atoms with E-state index in [2.05, 4.69) is 40.1 Å². The number of carbonyl (C=O) groups excluding carboxylic acids is 1. The lowest BCUT2D eigenvalue weighted by Crippen LogP contribution is -2.37. The van der Waals surface area contributed by atoms with E-state index in [9.17, 15) is 9.18 Å². The van der Waals surface area contributed by atoms with Gasteiger partial charge < -0.3 is 5.32 Å². The molecular formula is C12H16BrFN2O. The van der Waals surface area contributed by atoms with Gasteiger partial charge in [-0.3, -0.25) is 9.78 Å². The largest absolute Gasteiger partial charge is 0.348 e. The topological polar surface area (TPSA) is 42.0 Å². The third-order valence-electron chi connectivity index (χ3n) is 2.29. The van der Waals surface area contributed by atoms with Crippen LogP contribution in [0.2, 0.25) is 0 Å². The quantitative estimate of drug-likeness (QED) is 0.850. The molecule has 1 unspecified atom stereocenters. The number of hydrogen-bond donors (Lipinski definition) is 1. The molecule has 0 bridgehead atoms. The lowest BCUT2D eigenvalue weighted by atomic mass is 10.0. The van der Waals surface area contributed by atoms with Gasteiger partial charge in [-0.05, 0) is 18.4 Å². The first kappa shape index (κ1) is 14.1. The van der Waals surface area contributed by atoms with Gasteiger partial charge in [-0.15, -0.1) is 0 Å². The highest BCUT2D eigenvalue weighted by Crippen LogP contribution is 2.09. The summed E-state index contributed by atoms with van der Waals surface area (Å²) in [4.78, 5) is 15.4. The second kappa shape index (κ2) is 6.69. The molecule has 0 fully saturated rings. The first-order chi connectivity index (χ1) is 8.04. The van der Waals surface area contributed by atoms with Crippen molar-refractivity contribution in [1.29, 1.82) is 0 Å². The summed E-state index contributed by atoms with van der Waals surface area (Å²) in [5.74, 6) is -0.516. The Labute approximate surface area is 109 Å². The van der Waals surface area contributed by atoms with Crippen LogP contribution in [0.1, 0.15) is 30.6 Å². The zero-order chi connectivity index (χ0) is 12.8. The Morgan fingerprint density at radius 1 is 1.59 bits per heavy atom. The van der Waals surface area contributed by atoms with Gasteiger partial charge >= 0.3 is 0 Å². The molecule has 0 aliphatic carbocycles. The van der Waals surface area contributed by atoms with E-state index >= 15 is 0 Å². The predicted octanol–water partition coefficient (Wildman–Crippen LogP) is 2.76. The van der Waals surface area contributed by atoms with Crippen molar-refractivity contribution < 1.29 is 9.18 Å². The third-order valence-corrected chi connectivity index (χ3v) is 3.08. The molecule has 1 aromatic heterocycles. The van der Waals surface area contributed by atoms with Crippen LogP contribution < -0.4 is 5.32 Å². The van der Waals surface area contributed by atoms with Crippen LogP contribution in [0.25, 0.3) is 0 Å². The molecular weight excluding hydrogens is 287 g/mol. The molecule has 0 aliphatic heterocycles. The molecule has 1 amide bonds. The van der Waals surface area contributed by atoms with Crippen molar-refractivity contribution in [3.8, 4) is 0 Å². The van der Waals surface area contributed by atoms with Gasteiger partial charge in [0.15, 0.2) is 5.82 Å². The van der Waals surface area contributed by atoms with Gasteiger partial charge in [-0.25, -0.2) is 4.39 Å². The van der Waals surface area contributed by atoms with E-state index in [1.54, 1.807) is 0 Å². The first-order valence-corrected chi connectivity index (χ1v) is 6.63. The summed E-state index contributed by atoms with van der Waals surface area (Å²) in [6.45, 7) is 4.16. The Hall–Kier alpha value is -0.970. The molecule has 17 heavy (non-hydrogen) atoms. The minimum atomic E-state index is -0.595. The predicted molar refractivity (Wildman–Crippen MR) is 68.7 cm³/mol. The van der Waals surface area contributed by atoms with Gasteiger partial charge in [0.05, 0.1) is 11.8 Å². The van der Waals surface area contributed by atoms with Crippen LogP contribution in [0.15, 0.2) is 18.5 Å². The maximum Gasteiger partial charge on any atom is 0.254 e. The molecule has 3 nitrogen and oxygen atoms in total. The fourth-order valence-electron chi connectivity index (χ4n) is 1.55. The normalized spacial score (nSPS) is 12.5. The fraction of sp³-hybridized carbons (Fsp3) is 0.500. The molecule has 5 heteroatoms. The fourth-order valence-corrected chi connectivity index (χ4v) is 1.98. The van der Waals surface area contributed by atoms with E-state index in [1.165, 1.54) is 12.3 Å². The maximum absolute atomic E-state index is 13.3. The highest BCUT2D eigenvalue weighted by atomic mass is 79.9. The van der Waals surface area contributed by atoms with Crippen molar-refractivity contribution in [3.63, 3.8) is 0 Å². The highest BCUT2D eigenvalue weighted by Gasteiger charge is 2.16. The summed E-state index contributed by atoms with van der Waals surface area (Å²) in [5, 5.41) is 3.46. The number of amides is 1. The molecule has 0 aromatic carbocycles. The summed E-state index contributed by atoms with van der Waals surface area (Å²) in [6.07, 6.45) is 3.30. The zero-order valence-electron chi connectivity index (χ0n) is 9.91. The van der Waals surface area contributed by atoms with Gasteiger partial charge in [0.2, 0.25) is 0 Å². The number of hydrogen-bond acceptors (Lipinski definition) is 2. The number of pyridine rings is 1. The Morgan fingerprint density at radius 2 is 2.29 bits per heavy atom. The molecule has 0 aliphatic rings. The van der Waals surface area contributed by atoms with Crippen LogP contribution in [0.3, 0.4) is 0 Å². The SMILES string of the molecule is CC(C)CC(CBr)NC(=O)c1ccncc1F. The molecule has 0 saturated heterocycles. The molecule has 0 spiro atoms. The molecule has 1 N–H and O–H groups in total. The van der Waals surface area contributed by atoms with Crippen molar-refractivity contribution in [2.45, 2.75) is 26.3 Å². The molecule has 0 radical (unpaired) electrons.